The highest BCUT2D eigenvalue weighted by Crippen LogP contribution is 2.26. The molecule has 0 unspecified atom stereocenters. The number of likely N-dealkylation sites (tertiary alicyclic amines) is 1. The SMILES string of the molecule is CCn1c(C2CCN(C(=O)c3cccc(C(=O)O)c3)CC2)n[nH]c1=O. The van der Waals surface area contributed by atoms with Crippen LogP contribution in [0.1, 0.15) is 52.2 Å². The van der Waals surface area contributed by atoms with Crippen LogP contribution in [-0.4, -0.2) is 49.7 Å². The summed E-state index contributed by atoms with van der Waals surface area (Å²) in [6.07, 6.45) is 1.43. The van der Waals surface area contributed by atoms with Crippen LogP contribution in [0, 0.1) is 0 Å². The van der Waals surface area contributed by atoms with Gasteiger partial charge in [-0.25, -0.2) is 14.7 Å². The number of carboxylic acids is 1. The van der Waals surface area contributed by atoms with E-state index >= 15 is 0 Å². The van der Waals surface area contributed by atoms with Crippen molar-refractivity contribution < 1.29 is 14.7 Å². The summed E-state index contributed by atoms with van der Waals surface area (Å²) < 4.78 is 1.62. The molecular weight excluding hydrogens is 324 g/mol. The van der Waals surface area contributed by atoms with Gasteiger partial charge in [0.1, 0.15) is 5.82 Å². The van der Waals surface area contributed by atoms with Gasteiger partial charge in [0.25, 0.3) is 5.91 Å². The van der Waals surface area contributed by atoms with E-state index in [0.29, 0.717) is 38.0 Å². The lowest BCUT2D eigenvalue weighted by molar-refractivity contribution is 0.0697. The van der Waals surface area contributed by atoms with E-state index in [1.54, 1.807) is 21.6 Å². The summed E-state index contributed by atoms with van der Waals surface area (Å²) in [7, 11) is 0. The highest BCUT2D eigenvalue weighted by atomic mass is 16.4. The van der Waals surface area contributed by atoms with Crippen molar-refractivity contribution in [3.05, 3.63) is 51.7 Å². The second-order valence-electron chi connectivity index (χ2n) is 6.08. The van der Waals surface area contributed by atoms with Crippen molar-refractivity contribution in [3.8, 4) is 0 Å². The van der Waals surface area contributed by atoms with Gasteiger partial charge in [0.2, 0.25) is 0 Å². The van der Waals surface area contributed by atoms with Crippen LogP contribution < -0.4 is 5.69 Å². The first-order chi connectivity index (χ1) is 12.0. The maximum Gasteiger partial charge on any atom is 0.343 e. The van der Waals surface area contributed by atoms with Crippen molar-refractivity contribution >= 4 is 11.9 Å². The van der Waals surface area contributed by atoms with Crippen LogP contribution in [0.3, 0.4) is 0 Å². The number of nitrogens with one attached hydrogen (secondary N) is 1. The molecule has 8 heteroatoms. The zero-order valence-electron chi connectivity index (χ0n) is 13.9. The average Bonchev–Trinajstić information content (AvgIpc) is 3.02. The van der Waals surface area contributed by atoms with E-state index in [0.717, 1.165) is 5.82 Å². The summed E-state index contributed by atoms with van der Waals surface area (Å²) in [6.45, 7) is 3.55. The molecule has 1 aromatic heterocycles. The summed E-state index contributed by atoms with van der Waals surface area (Å²) in [4.78, 5) is 37.1. The van der Waals surface area contributed by atoms with Gasteiger partial charge in [-0.3, -0.25) is 9.36 Å². The van der Waals surface area contributed by atoms with Crippen LogP contribution in [0.25, 0.3) is 0 Å². The summed E-state index contributed by atoms with van der Waals surface area (Å²) in [5.74, 6) is -0.346. The molecule has 0 aliphatic carbocycles. The Labute approximate surface area is 144 Å². The van der Waals surface area contributed by atoms with Crippen LogP contribution in [0.5, 0.6) is 0 Å². The molecule has 0 spiro atoms. The molecule has 2 aromatic rings. The molecule has 0 radical (unpaired) electrons. The third-order valence-electron chi connectivity index (χ3n) is 4.61. The average molecular weight is 344 g/mol. The fourth-order valence-corrected chi connectivity index (χ4v) is 3.26. The van der Waals surface area contributed by atoms with Crippen LogP contribution in [0.2, 0.25) is 0 Å². The quantitative estimate of drug-likeness (QED) is 0.869. The minimum atomic E-state index is -1.05. The van der Waals surface area contributed by atoms with E-state index in [9.17, 15) is 14.4 Å². The van der Waals surface area contributed by atoms with Crippen molar-refractivity contribution in [2.24, 2.45) is 0 Å². The topological polar surface area (TPSA) is 108 Å². The smallest absolute Gasteiger partial charge is 0.343 e. The van der Waals surface area contributed by atoms with E-state index in [1.807, 2.05) is 6.92 Å². The van der Waals surface area contributed by atoms with E-state index in [-0.39, 0.29) is 23.1 Å². The highest BCUT2D eigenvalue weighted by Gasteiger charge is 2.28. The Kier molecular flexibility index (Phi) is 4.69. The molecule has 8 nitrogen and oxygen atoms in total. The van der Waals surface area contributed by atoms with Crippen LogP contribution in [-0.2, 0) is 6.54 Å². The second kappa shape index (κ2) is 6.92. The Morgan fingerprint density at radius 3 is 2.60 bits per heavy atom. The number of hydrogen-bond acceptors (Lipinski definition) is 4. The lowest BCUT2D eigenvalue weighted by Gasteiger charge is -2.31. The maximum atomic E-state index is 12.6. The third kappa shape index (κ3) is 3.33. The summed E-state index contributed by atoms with van der Waals surface area (Å²) in [6, 6.07) is 6.07. The van der Waals surface area contributed by atoms with Crippen molar-refractivity contribution in [3.63, 3.8) is 0 Å². The zero-order valence-corrected chi connectivity index (χ0v) is 13.9. The number of rotatable bonds is 4. The summed E-state index contributed by atoms with van der Waals surface area (Å²) in [5.41, 5.74) is 0.272. The third-order valence-corrected chi connectivity index (χ3v) is 4.61. The van der Waals surface area contributed by atoms with E-state index < -0.39 is 5.97 Å². The minimum absolute atomic E-state index is 0.101. The van der Waals surface area contributed by atoms with Crippen molar-refractivity contribution in [2.45, 2.75) is 32.2 Å². The number of carbonyl (C=O) groups is 2. The lowest BCUT2D eigenvalue weighted by Crippen LogP contribution is -2.38. The predicted octanol–water partition coefficient (Wildman–Crippen LogP) is 1.31. The van der Waals surface area contributed by atoms with Crippen molar-refractivity contribution in [1.82, 2.24) is 19.7 Å². The fourth-order valence-electron chi connectivity index (χ4n) is 3.26. The van der Waals surface area contributed by atoms with Gasteiger partial charge in [-0.1, -0.05) is 6.07 Å². The van der Waals surface area contributed by atoms with Gasteiger partial charge in [-0.05, 0) is 38.0 Å². The Morgan fingerprint density at radius 2 is 1.96 bits per heavy atom. The zero-order chi connectivity index (χ0) is 18.0. The molecule has 25 heavy (non-hydrogen) atoms. The van der Waals surface area contributed by atoms with E-state index in [1.165, 1.54) is 12.1 Å². The first-order valence-corrected chi connectivity index (χ1v) is 8.29. The molecule has 1 amide bonds. The number of amides is 1. The normalized spacial score (nSPS) is 15.3. The lowest BCUT2D eigenvalue weighted by atomic mass is 9.95. The largest absolute Gasteiger partial charge is 0.478 e. The van der Waals surface area contributed by atoms with Gasteiger partial charge < -0.3 is 10.0 Å². The number of aromatic carboxylic acids is 1. The maximum absolute atomic E-state index is 12.6. The van der Waals surface area contributed by atoms with Crippen LogP contribution in [0.15, 0.2) is 29.1 Å². The Hall–Kier alpha value is -2.90. The van der Waals surface area contributed by atoms with Crippen molar-refractivity contribution in [2.75, 3.05) is 13.1 Å². The molecule has 0 bridgehead atoms. The van der Waals surface area contributed by atoms with Crippen LogP contribution >= 0.6 is 0 Å². The molecular formula is C17H20N4O4. The van der Waals surface area contributed by atoms with E-state index in [4.69, 9.17) is 5.11 Å². The number of aromatic nitrogens is 3. The predicted molar refractivity (Wildman–Crippen MR) is 89.8 cm³/mol. The molecule has 0 saturated carbocycles. The van der Waals surface area contributed by atoms with Gasteiger partial charge in [0.05, 0.1) is 5.56 Å². The molecule has 1 fully saturated rings. The second-order valence-corrected chi connectivity index (χ2v) is 6.08. The first kappa shape index (κ1) is 16.9. The number of piperidine rings is 1. The molecule has 132 valence electrons. The summed E-state index contributed by atoms with van der Waals surface area (Å²) >= 11 is 0. The Morgan fingerprint density at radius 1 is 1.28 bits per heavy atom. The number of aromatic amines is 1. The molecule has 2 N–H and O–H groups in total. The Balaban J connectivity index is 1.69. The number of nitrogens with zero attached hydrogens (tertiary/aromatic N) is 3. The minimum Gasteiger partial charge on any atom is -0.478 e. The molecule has 1 aliphatic heterocycles. The monoisotopic (exact) mass is 344 g/mol. The number of carboxylic acid groups (broad SMARTS) is 1. The fraction of sp³-hybridized carbons (Fsp3) is 0.412. The van der Waals surface area contributed by atoms with Gasteiger partial charge >= 0.3 is 11.7 Å². The molecule has 3 rings (SSSR count). The summed E-state index contributed by atoms with van der Waals surface area (Å²) in [5, 5.41) is 15.7. The van der Waals surface area contributed by atoms with Gasteiger partial charge in [0, 0.05) is 31.1 Å². The molecule has 1 aliphatic rings. The molecule has 0 atom stereocenters. The number of benzene rings is 1. The van der Waals surface area contributed by atoms with Crippen molar-refractivity contribution in [1.29, 1.82) is 0 Å². The molecule has 1 saturated heterocycles. The van der Waals surface area contributed by atoms with Gasteiger partial charge in [-0.2, -0.15) is 5.10 Å². The number of hydrogen-bond donors (Lipinski definition) is 2. The Bertz CT molecular complexity index is 846. The highest BCUT2D eigenvalue weighted by molar-refractivity contribution is 5.97. The standard InChI is InChI=1S/C17H20N4O4/c1-2-21-14(18-19-17(21)25)11-6-8-20(9-7-11)15(22)12-4-3-5-13(10-12)16(23)24/h3-5,10-11H,2,6-9H2,1H3,(H,19,25)(H,23,24). The van der Waals surface area contributed by atoms with Gasteiger partial charge in [0.15, 0.2) is 0 Å². The van der Waals surface area contributed by atoms with E-state index in [2.05, 4.69) is 10.2 Å². The number of H-pyrrole nitrogens is 1. The molecule has 1 aromatic carbocycles. The molecule has 2 heterocycles. The number of carbonyl (C=O) groups excluding carboxylic acids is 1. The van der Waals surface area contributed by atoms with Crippen LogP contribution in [0.4, 0.5) is 0 Å². The first-order valence-electron chi connectivity index (χ1n) is 8.29. The van der Waals surface area contributed by atoms with Gasteiger partial charge in [-0.15, -0.1) is 0 Å².